The Morgan fingerprint density at radius 1 is 0.941 bits per heavy atom. The third-order valence-electron chi connectivity index (χ3n) is 2.93. The van der Waals surface area contributed by atoms with Crippen molar-refractivity contribution in [2.24, 2.45) is 0 Å². The van der Waals surface area contributed by atoms with Gasteiger partial charge in [-0.15, -0.1) is 0 Å². The molecule has 1 atom stereocenters. The fourth-order valence-corrected chi connectivity index (χ4v) is 3.19. The first-order chi connectivity index (χ1) is 7.46. The number of rotatable bonds is 1. The maximum atomic E-state index is 12.6. The molecule has 1 rings (SSSR count). The largest absolute Gasteiger partial charge is 0.301 e. The van der Waals surface area contributed by atoms with Crippen LogP contribution in [0.15, 0.2) is 24.3 Å². The summed E-state index contributed by atoms with van der Waals surface area (Å²) in [6.45, 7) is 9.39. The zero-order chi connectivity index (χ0) is 13.5. The molecule has 0 aliphatic heterocycles. The van der Waals surface area contributed by atoms with Gasteiger partial charge in [0.05, 0.1) is 0 Å². The van der Waals surface area contributed by atoms with Gasteiger partial charge in [-0.3, -0.25) is 0 Å². The second kappa shape index (κ2) is 4.44. The predicted molar refractivity (Wildman–Crippen MR) is 78.0 cm³/mol. The lowest BCUT2D eigenvalue weighted by Gasteiger charge is -2.26. The molecule has 0 N–H and O–H groups in total. The van der Waals surface area contributed by atoms with Gasteiger partial charge in [0.2, 0.25) is 6.49 Å². The van der Waals surface area contributed by atoms with E-state index >= 15 is 0 Å². The van der Waals surface area contributed by atoms with Crippen molar-refractivity contribution in [3.8, 4) is 0 Å². The molecular formula is C14H22ClOP. The lowest BCUT2D eigenvalue weighted by molar-refractivity contribution is 0.567. The Labute approximate surface area is 110 Å². The van der Waals surface area contributed by atoms with Crippen molar-refractivity contribution in [1.29, 1.82) is 0 Å². The van der Waals surface area contributed by atoms with Crippen molar-refractivity contribution in [2.45, 2.75) is 52.1 Å². The smallest absolute Gasteiger partial charge is 0.202 e. The summed E-state index contributed by atoms with van der Waals surface area (Å²) in [7, 11) is 0. The first-order valence-electron chi connectivity index (χ1n) is 5.87. The van der Waals surface area contributed by atoms with Crippen molar-refractivity contribution in [1.82, 2.24) is 0 Å². The Hall–Kier alpha value is -0.260. The summed E-state index contributed by atoms with van der Waals surface area (Å²) >= 11 is 6.26. The normalized spacial score (nSPS) is 16.6. The fraction of sp³-hybridized carbons (Fsp3) is 0.571. The highest BCUT2D eigenvalue weighted by Gasteiger charge is 2.36. The molecule has 1 aromatic carbocycles. The van der Waals surface area contributed by atoms with Crippen LogP contribution in [0, 0.1) is 0 Å². The van der Waals surface area contributed by atoms with Gasteiger partial charge in [0.25, 0.3) is 0 Å². The van der Waals surface area contributed by atoms with Gasteiger partial charge >= 0.3 is 0 Å². The van der Waals surface area contributed by atoms with E-state index in [1.807, 2.05) is 45.0 Å². The summed E-state index contributed by atoms with van der Waals surface area (Å²) in [4.78, 5) is 0. The summed E-state index contributed by atoms with van der Waals surface area (Å²) in [6.07, 6.45) is 0. The molecule has 0 radical (unpaired) electrons. The van der Waals surface area contributed by atoms with Crippen LogP contribution in [-0.2, 0) is 9.98 Å². The average Bonchev–Trinajstić information content (AvgIpc) is 2.15. The zero-order valence-electron chi connectivity index (χ0n) is 11.5. The van der Waals surface area contributed by atoms with Crippen molar-refractivity contribution in [3.63, 3.8) is 0 Å². The first kappa shape index (κ1) is 14.8. The molecule has 3 heteroatoms. The van der Waals surface area contributed by atoms with E-state index in [1.165, 1.54) is 5.56 Å². The van der Waals surface area contributed by atoms with E-state index < -0.39 is 11.7 Å². The molecule has 0 aliphatic rings. The molecule has 17 heavy (non-hydrogen) atoms. The molecule has 0 spiro atoms. The first-order valence-corrected chi connectivity index (χ1v) is 8.48. The van der Waals surface area contributed by atoms with E-state index in [2.05, 4.69) is 20.8 Å². The molecule has 0 aliphatic carbocycles. The maximum Gasteiger partial charge on any atom is 0.202 e. The Kier molecular flexibility index (Phi) is 3.87. The third-order valence-corrected chi connectivity index (χ3v) is 7.72. The topological polar surface area (TPSA) is 17.1 Å². The van der Waals surface area contributed by atoms with E-state index in [0.717, 1.165) is 5.30 Å². The standard InChI is InChI=1S/C14H22ClOP/c1-13(2,3)11-7-9-12(10-8-11)17(15,16)14(4,5)6/h7-10H,1-6H3. The summed E-state index contributed by atoms with van der Waals surface area (Å²) in [5.74, 6) is 0. The van der Waals surface area contributed by atoms with Crippen LogP contribution in [0.25, 0.3) is 0 Å². The summed E-state index contributed by atoms with van der Waals surface area (Å²) < 4.78 is 12.6. The van der Waals surface area contributed by atoms with Crippen LogP contribution in [0.1, 0.15) is 47.1 Å². The average molecular weight is 273 g/mol. The van der Waals surface area contributed by atoms with Gasteiger partial charge in [0.1, 0.15) is 0 Å². The fourth-order valence-electron chi connectivity index (χ4n) is 1.54. The lowest BCUT2D eigenvalue weighted by Crippen LogP contribution is -2.20. The van der Waals surface area contributed by atoms with Crippen LogP contribution in [0.3, 0.4) is 0 Å². The van der Waals surface area contributed by atoms with Gasteiger partial charge in [-0.25, -0.2) is 0 Å². The van der Waals surface area contributed by atoms with Gasteiger partial charge in [-0.2, -0.15) is 0 Å². The minimum atomic E-state index is -2.83. The molecule has 0 bridgehead atoms. The van der Waals surface area contributed by atoms with E-state index in [1.54, 1.807) is 0 Å². The zero-order valence-corrected chi connectivity index (χ0v) is 13.2. The minimum absolute atomic E-state index is 0.108. The predicted octanol–water partition coefficient (Wildman–Crippen LogP) is 4.92. The highest BCUT2D eigenvalue weighted by Crippen LogP contribution is 2.61. The molecule has 1 aromatic rings. The Bertz CT molecular complexity index is 435. The number of hydrogen-bond donors (Lipinski definition) is 0. The van der Waals surface area contributed by atoms with E-state index in [9.17, 15) is 4.57 Å². The van der Waals surface area contributed by atoms with Crippen molar-refractivity contribution < 1.29 is 4.57 Å². The van der Waals surface area contributed by atoms with Crippen LogP contribution in [0.4, 0.5) is 0 Å². The molecular weight excluding hydrogens is 251 g/mol. The number of halogens is 1. The Balaban J connectivity index is 3.17. The van der Waals surface area contributed by atoms with Gasteiger partial charge in [-0.05, 0) is 22.2 Å². The Morgan fingerprint density at radius 3 is 1.65 bits per heavy atom. The minimum Gasteiger partial charge on any atom is -0.301 e. The summed E-state index contributed by atoms with van der Waals surface area (Å²) in [5.41, 5.74) is 1.34. The second-order valence-electron chi connectivity index (χ2n) is 6.50. The molecule has 0 saturated carbocycles. The number of hydrogen-bond acceptors (Lipinski definition) is 1. The van der Waals surface area contributed by atoms with Crippen LogP contribution in [-0.4, -0.2) is 5.16 Å². The van der Waals surface area contributed by atoms with Gasteiger partial charge in [0.15, 0.2) is 0 Å². The lowest BCUT2D eigenvalue weighted by atomic mass is 9.87. The quantitative estimate of drug-likeness (QED) is 0.663. The Morgan fingerprint density at radius 2 is 1.35 bits per heavy atom. The third kappa shape index (κ3) is 3.14. The summed E-state index contributed by atoms with van der Waals surface area (Å²) in [5, 5.41) is 0.345. The van der Waals surface area contributed by atoms with E-state index in [-0.39, 0.29) is 5.41 Å². The second-order valence-corrected chi connectivity index (χ2v) is 10.9. The molecule has 1 unspecified atom stereocenters. The van der Waals surface area contributed by atoms with Gasteiger partial charge in [0, 0.05) is 10.5 Å². The maximum absolute atomic E-state index is 12.6. The highest BCUT2D eigenvalue weighted by atomic mass is 35.7. The highest BCUT2D eigenvalue weighted by molar-refractivity contribution is 7.96. The van der Waals surface area contributed by atoms with Crippen molar-refractivity contribution in [3.05, 3.63) is 29.8 Å². The van der Waals surface area contributed by atoms with Crippen molar-refractivity contribution in [2.75, 3.05) is 0 Å². The van der Waals surface area contributed by atoms with Crippen LogP contribution in [0.2, 0.25) is 0 Å². The monoisotopic (exact) mass is 272 g/mol. The molecule has 0 saturated heterocycles. The molecule has 0 heterocycles. The van der Waals surface area contributed by atoms with Crippen LogP contribution >= 0.6 is 17.7 Å². The molecule has 0 fully saturated rings. The van der Waals surface area contributed by atoms with Crippen LogP contribution in [0.5, 0.6) is 0 Å². The SMILES string of the molecule is CC(C)(C)c1ccc(P(=O)(Cl)C(C)(C)C)cc1. The molecule has 1 nitrogen and oxygen atoms in total. The van der Waals surface area contributed by atoms with E-state index in [0.29, 0.717) is 0 Å². The van der Waals surface area contributed by atoms with Crippen molar-refractivity contribution >= 4 is 23.0 Å². The van der Waals surface area contributed by atoms with Crippen LogP contribution < -0.4 is 5.30 Å². The molecule has 0 aromatic heterocycles. The van der Waals surface area contributed by atoms with E-state index in [4.69, 9.17) is 11.2 Å². The molecule has 96 valence electrons. The van der Waals surface area contributed by atoms with Gasteiger partial charge < -0.3 is 4.57 Å². The number of benzene rings is 1. The molecule has 0 amide bonds. The summed E-state index contributed by atoms with van der Waals surface area (Å²) in [6, 6.07) is 7.85. The van der Waals surface area contributed by atoms with Gasteiger partial charge in [-0.1, -0.05) is 65.8 Å².